The third-order valence-electron chi connectivity index (χ3n) is 10.3. The highest BCUT2D eigenvalue weighted by molar-refractivity contribution is 6.04. The fraction of sp³-hybridized carbons (Fsp3) is 0.742. The molecule has 0 amide bonds. The van der Waals surface area contributed by atoms with E-state index in [1.54, 1.807) is 26.0 Å². The van der Waals surface area contributed by atoms with E-state index in [0.29, 0.717) is 36.8 Å². The molecule has 0 unspecified atom stereocenters. The van der Waals surface area contributed by atoms with Gasteiger partial charge in [-0.25, -0.2) is 0 Å². The summed E-state index contributed by atoms with van der Waals surface area (Å²) in [7, 11) is 1.34. The molecule has 0 saturated heterocycles. The van der Waals surface area contributed by atoms with Crippen LogP contribution in [0.15, 0.2) is 23.3 Å². The zero-order chi connectivity index (χ0) is 30.5. The van der Waals surface area contributed by atoms with Crippen LogP contribution in [0.1, 0.15) is 79.6 Å². The number of rotatable bonds is 10. The van der Waals surface area contributed by atoms with Crippen LogP contribution in [0.4, 0.5) is 0 Å². The lowest BCUT2D eigenvalue weighted by Gasteiger charge is -2.53. The fourth-order valence-electron chi connectivity index (χ4n) is 8.26. The van der Waals surface area contributed by atoms with E-state index in [4.69, 9.17) is 9.47 Å². The number of unbranched alkanes of at least 4 members (excludes halogenated alkanes) is 3. The van der Waals surface area contributed by atoms with Gasteiger partial charge in [-0.15, -0.1) is 0 Å². The number of esters is 3. The molecular weight excluding hydrogens is 532 g/mol. The number of carbonyl (C=O) groups is 4. The number of ether oxygens (including phenoxy) is 3. The minimum absolute atomic E-state index is 0.101. The molecular formula is C31H44O10. The second kappa shape index (κ2) is 10.9. The first-order valence-corrected chi connectivity index (χ1v) is 14.6. The van der Waals surface area contributed by atoms with Gasteiger partial charge in [-0.1, -0.05) is 45.8 Å². The summed E-state index contributed by atoms with van der Waals surface area (Å²) in [5.74, 6) is -4.92. The summed E-state index contributed by atoms with van der Waals surface area (Å²) in [6.07, 6.45) is 5.20. The Morgan fingerprint density at radius 2 is 1.63 bits per heavy atom. The van der Waals surface area contributed by atoms with Crippen LogP contribution < -0.4 is 0 Å². The second-order valence-electron chi connectivity index (χ2n) is 12.9. The summed E-state index contributed by atoms with van der Waals surface area (Å²) in [6, 6.07) is 0. The Bertz CT molecular complexity index is 1170. The molecule has 8 atom stereocenters. The average molecular weight is 577 g/mol. The topological polar surface area (TPSA) is 157 Å². The molecule has 10 nitrogen and oxygen atoms in total. The predicted octanol–water partition coefficient (Wildman–Crippen LogP) is 2.57. The monoisotopic (exact) mass is 576 g/mol. The molecule has 228 valence electrons. The van der Waals surface area contributed by atoms with Crippen molar-refractivity contribution in [2.75, 3.05) is 13.7 Å². The van der Waals surface area contributed by atoms with Gasteiger partial charge in [0.05, 0.1) is 19.3 Å². The number of fused-ring (bicyclic) bond motifs is 5. The second-order valence-corrected chi connectivity index (χ2v) is 12.9. The van der Waals surface area contributed by atoms with Gasteiger partial charge in [0.15, 0.2) is 11.4 Å². The lowest BCUT2D eigenvalue weighted by Crippen LogP contribution is -2.66. The highest BCUT2D eigenvalue weighted by Gasteiger charge is 2.87. The van der Waals surface area contributed by atoms with Crippen molar-refractivity contribution >= 4 is 23.7 Å². The van der Waals surface area contributed by atoms with Crippen molar-refractivity contribution < 1.29 is 48.7 Å². The molecule has 4 aliphatic rings. The molecule has 4 rings (SSSR count). The highest BCUT2D eigenvalue weighted by atomic mass is 16.6. The van der Waals surface area contributed by atoms with Crippen LogP contribution in [0.5, 0.6) is 0 Å². The average Bonchev–Trinajstić information content (AvgIpc) is 3.33. The first-order chi connectivity index (χ1) is 19.1. The van der Waals surface area contributed by atoms with E-state index in [1.807, 2.05) is 13.8 Å². The van der Waals surface area contributed by atoms with Gasteiger partial charge in [-0.05, 0) is 30.9 Å². The van der Waals surface area contributed by atoms with Crippen LogP contribution in [0.3, 0.4) is 0 Å². The molecule has 10 heteroatoms. The van der Waals surface area contributed by atoms with E-state index in [2.05, 4.69) is 4.74 Å². The Kier molecular flexibility index (Phi) is 8.37. The smallest absolute Gasteiger partial charge is 0.306 e. The van der Waals surface area contributed by atoms with Gasteiger partial charge in [-0.3, -0.25) is 19.2 Å². The molecule has 0 aromatic heterocycles. The van der Waals surface area contributed by atoms with Gasteiger partial charge in [0.25, 0.3) is 0 Å². The number of ketones is 1. The Hall–Kier alpha value is -2.56. The summed E-state index contributed by atoms with van der Waals surface area (Å²) in [5, 5.41) is 34.6. The molecule has 0 aromatic carbocycles. The van der Waals surface area contributed by atoms with Gasteiger partial charge in [0, 0.05) is 55.3 Å². The Balaban J connectivity index is 1.66. The van der Waals surface area contributed by atoms with Crippen molar-refractivity contribution in [3.63, 3.8) is 0 Å². The van der Waals surface area contributed by atoms with E-state index in [1.165, 1.54) is 14.0 Å². The molecule has 0 aromatic rings. The molecule has 41 heavy (non-hydrogen) atoms. The third kappa shape index (κ3) is 4.76. The number of carbonyl (C=O) groups excluding carboxylic acids is 4. The fourth-order valence-corrected chi connectivity index (χ4v) is 8.26. The minimum atomic E-state index is -1.96. The van der Waals surface area contributed by atoms with Gasteiger partial charge >= 0.3 is 17.9 Å². The molecule has 2 fully saturated rings. The zero-order valence-electron chi connectivity index (χ0n) is 24.9. The minimum Gasteiger partial charge on any atom is -0.469 e. The van der Waals surface area contributed by atoms with Crippen LogP contribution in [-0.4, -0.2) is 75.6 Å². The van der Waals surface area contributed by atoms with E-state index < -0.39 is 76.3 Å². The van der Waals surface area contributed by atoms with Crippen molar-refractivity contribution in [2.45, 2.75) is 102 Å². The summed E-state index contributed by atoms with van der Waals surface area (Å²) < 4.78 is 16.8. The number of aliphatic hydroxyl groups is 3. The van der Waals surface area contributed by atoms with Crippen LogP contribution in [-0.2, 0) is 33.4 Å². The number of aliphatic hydroxyl groups excluding tert-OH is 1. The highest BCUT2D eigenvalue weighted by Crippen LogP contribution is 2.77. The molecule has 0 radical (unpaired) electrons. The Morgan fingerprint density at radius 1 is 1.02 bits per heavy atom. The summed E-state index contributed by atoms with van der Waals surface area (Å²) in [6.45, 7) is 7.97. The zero-order valence-corrected chi connectivity index (χ0v) is 24.9. The van der Waals surface area contributed by atoms with E-state index in [-0.39, 0.29) is 18.8 Å². The molecule has 0 heterocycles. The maximum atomic E-state index is 13.2. The van der Waals surface area contributed by atoms with Gasteiger partial charge < -0.3 is 29.5 Å². The van der Waals surface area contributed by atoms with E-state index in [0.717, 1.165) is 6.42 Å². The van der Waals surface area contributed by atoms with E-state index >= 15 is 0 Å². The lowest BCUT2D eigenvalue weighted by molar-refractivity contribution is -0.228. The largest absolute Gasteiger partial charge is 0.469 e. The van der Waals surface area contributed by atoms with Crippen LogP contribution in [0.2, 0.25) is 0 Å². The van der Waals surface area contributed by atoms with Crippen molar-refractivity contribution in [3.05, 3.63) is 23.3 Å². The molecule has 4 aliphatic carbocycles. The summed E-state index contributed by atoms with van der Waals surface area (Å²) in [5.41, 5.74) is -4.95. The predicted molar refractivity (Wildman–Crippen MR) is 146 cm³/mol. The Morgan fingerprint density at radius 3 is 2.20 bits per heavy atom. The molecule has 0 aliphatic heterocycles. The van der Waals surface area contributed by atoms with Gasteiger partial charge in [0.1, 0.15) is 11.7 Å². The number of hydrogen-bond donors (Lipinski definition) is 3. The quantitative estimate of drug-likeness (QED) is 0.153. The maximum Gasteiger partial charge on any atom is 0.306 e. The normalized spacial score (nSPS) is 38.4. The van der Waals surface area contributed by atoms with Crippen LogP contribution in [0.25, 0.3) is 0 Å². The van der Waals surface area contributed by atoms with E-state index in [9.17, 15) is 34.5 Å². The molecule has 0 spiro atoms. The number of Topliss-reactive ketones (excluding diaryl/α,β-unsaturated/α-hetero) is 1. The van der Waals surface area contributed by atoms with Crippen LogP contribution in [0, 0.1) is 29.1 Å². The molecule has 2 saturated carbocycles. The standard InChI is InChI=1S/C31H44O10/c1-17-13-22-29(37,26(17)36)15-20(16-32)14-21-25-28(4,5)31(25,41-19(3)33)27(18(2)30(21,22)38)40-24(35)12-10-8-7-9-11-23(34)39-6/h13-14,18,21-22,25,27,32,37-38H,7-12,15-16H2,1-6H3/t18-,21+,22-,25-,27-,29-,30-,31-/m1/s1. The van der Waals surface area contributed by atoms with Crippen molar-refractivity contribution in [3.8, 4) is 0 Å². The summed E-state index contributed by atoms with van der Waals surface area (Å²) in [4.78, 5) is 50.2. The van der Waals surface area contributed by atoms with Crippen molar-refractivity contribution in [1.29, 1.82) is 0 Å². The lowest BCUT2D eigenvalue weighted by atomic mass is 9.59. The van der Waals surface area contributed by atoms with Crippen molar-refractivity contribution in [2.24, 2.45) is 29.1 Å². The molecule has 3 N–H and O–H groups in total. The Labute approximate surface area is 241 Å². The number of hydrogen-bond acceptors (Lipinski definition) is 10. The number of methoxy groups -OCH3 is 1. The van der Waals surface area contributed by atoms with Crippen molar-refractivity contribution in [1.82, 2.24) is 0 Å². The van der Waals surface area contributed by atoms with Gasteiger partial charge in [0.2, 0.25) is 0 Å². The molecule has 0 bridgehead atoms. The summed E-state index contributed by atoms with van der Waals surface area (Å²) >= 11 is 0. The van der Waals surface area contributed by atoms with Crippen LogP contribution >= 0.6 is 0 Å². The first-order valence-electron chi connectivity index (χ1n) is 14.6. The van der Waals surface area contributed by atoms with Gasteiger partial charge in [-0.2, -0.15) is 0 Å². The maximum absolute atomic E-state index is 13.2. The SMILES string of the molecule is COC(=O)CCCCCCC(=O)O[C@@H]1[C@@H](C)[C@@]2(O)[C@@H](C=C(CO)C[C@]3(O)C(=O)C(C)=C[C@@H]23)[C@@H]2C(C)(C)[C@]12OC(C)=O. The third-order valence-corrected chi connectivity index (χ3v) is 10.3. The first kappa shape index (κ1) is 31.4.